The lowest BCUT2D eigenvalue weighted by atomic mass is 10.3. The Morgan fingerprint density at radius 2 is 2.00 bits per heavy atom. The van der Waals surface area contributed by atoms with Crippen LogP contribution in [-0.4, -0.2) is 37.6 Å². The second kappa shape index (κ2) is 4.59. The molecule has 0 radical (unpaired) electrons. The van der Waals surface area contributed by atoms with Gasteiger partial charge in [0.1, 0.15) is 0 Å². The summed E-state index contributed by atoms with van der Waals surface area (Å²) < 4.78 is 25.2. The summed E-state index contributed by atoms with van der Waals surface area (Å²) in [7, 11) is -3.12. The van der Waals surface area contributed by atoms with Gasteiger partial charge in [0.25, 0.3) is 0 Å². The van der Waals surface area contributed by atoms with E-state index in [9.17, 15) is 8.42 Å². The van der Waals surface area contributed by atoms with Crippen LogP contribution in [-0.2, 0) is 10.0 Å². The molecule has 0 aliphatic heterocycles. The molecule has 0 saturated heterocycles. The quantitative estimate of drug-likeness (QED) is 0.704. The average molecular weight is 220 g/mol. The first-order valence-electron chi connectivity index (χ1n) is 5.17. The molecule has 0 aromatic heterocycles. The third kappa shape index (κ3) is 3.22. The Morgan fingerprint density at radius 1 is 1.43 bits per heavy atom. The summed E-state index contributed by atoms with van der Waals surface area (Å²) in [5.74, 6) is 0.655. The molecule has 84 valence electrons. The van der Waals surface area contributed by atoms with Crippen molar-refractivity contribution in [1.82, 2.24) is 4.31 Å². The monoisotopic (exact) mass is 220 g/mol. The Balaban J connectivity index is 2.64. The first-order chi connectivity index (χ1) is 6.47. The van der Waals surface area contributed by atoms with Crippen molar-refractivity contribution in [2.75, 3.05) is 18.8 Å². The highest BCUT2D eigenvalue weighted by molar-refractivity contribution is 7.89. The largest absolute Gasteiger partial charge is 0.329 e. The summed E-state index contributed by atoms with van der Waals surface area (Å²) in [5.41, 5.74) is 5.29. The van der Waals surface area contributed by atoms with Gasteiger partial charge in [-0.25, -0.2) is 8.42 Å². The fourth-order valence-corrected chi connectivity index (χ4v) is 3.08. The molecule has 0 aromatic rings. The molecule has 1 saturated carbocycles. The number of nitrogens with zero attached hydrogens (tertiary/aromatic N) is 1. The van der Waals surface area contributed by atoms with Crippen LogP contribution >= 0.6 is 0 Å². The molecule has 1 rings (SSSR count). The Labute approximate surface area is 86.5 Å². The van der Waals surface area contributed by atoms with Gasteiger partial charge in [-0.15, -0.1) is 0 Å². The summed E-state index contributed by atoms with van der Waals surface area (Å²) in [6.45, 7) is 4.71. The Kier molecular flexibility index (Phi) is 3.92. The molecule has 0 atom stereocenters. The van der Waals surface area contributed by atoms with E-state index < -0.39 is 10.0 Å². The molecule has 0 amide bonds. The summed E-state index contributed by atoms with van der Waals surface area (Å²) >= 11 is 0. The van der Waals surface area contributed by atoms with E-state index in [2.05, 4.69) is 0 Å². The molecule has 1 fully saturated rings. The SMILES string of the molecule is CC(C)N(CC1CC1)S(=O)(=O)CCN. The fraction of sp³-hybridized carbons (Fsp3) is 1.00. The normalized spacial score (nSPS) is 18.1. The van der Waals surface area contributed by atoms with E-state index in [4.69, 9.17) is 5.73 Å². The summed E-state index contributed by atoms with van der Waals surface area (Å²) in [6.07, 6.45) is 2.34. The zero-order valence-electron chi connectivity index (χ0n) is 8.94. The fourth-order valence-electron chi connectivity index (χ4n) is 1.47. The minimum absolute atomic E-state index is 0.0483. The molecule has 0 bridgehead atoms. The molecule has 0 spiro atoms. The highest BCUT2D eigenvalue weighted by Gasteiger charge is 2.31. The predicted octanol–water partition coefficient (Wildman–Crippen LogP) is 0.395. The maximum Gasteiger partial charge on any atom is 0.215 e. The van der Waals surface area contributed by atoms with Crippen LogP contribution in [0.25, 0.3) is 0 Å². The standard InChI is InChI=1S/C9H20N2O2S/c1-8(2)11(7-9-3-4-9)14(12,13)6-5-10/h8-9H,3-7,10H2,1-2H3. The van der Waals surface area contributed by atoms with Crippen molar-refractivity contribution >= 4 is 10.0 Å². The van der Waals surface area contributed by atoms with Gasteiger partial charge in [-0.2, -0.15) is 4.31 Å². The number of rotatable bonds is 6. The molecule has 14 heavy (non-hydrogen) atoms. The Morgan fingerprint density at radius 3 is 2.36 bits per heavy atom. The zero-order chi connectivity index (χ0) is 10.8. The van der Waals surface area contributed by atoms with Crippen molar-refractivity contribution < 1.29 is 8.42 Å². The van der Waals surface area contributed by atoms with Gasteiger partial charge in [-0.3, -0.25) is 0 Å². The number of hydrogen-bond acceptors (Lipinski definition) is 3. The lowest BCUT2D eigenvalue weighted by Crippen LogP contribution is -2.41. The van der Waals surface area contributed by atoms with E-state index in [1.807, 2.05) is 13.8 Å². The lowest BCUT2D eigenvalue weighted by Gasteiger charge is -2.25. The lowest BCUT2D eigenvalue weighted by molar-refractivity contribution is 0.342. The van der Waals surface area contributed by atoms with Crippen molar-refractivity contribution in [1.29, 1.82) is 0 Å². The topological polar surface area (TPSA) is 63.4 Å². The van der Waals surface area contributed by atoms with Crippen molar-refractivity contribution in [2.45, 2.75) is 32.7 Å². The number of nitrogens with two attached hydrogens (primary N) is 1. The van der Waals surface area contributed by atoms with Crippen LogP contribution < -0.4 is 5.73 Å². The molecule has 0 heterocycles. The molecule has 1 aliphatic rings. The Hall–Kier alpha value is -0.130. The first-order valence-corrected chi connectivity index (χ1v) is 6.78. The molecule has 4 nitrogen and oxygen atoms in total. The molecule has 2 N–H and O–H groups in total. The van der Waals surface area contributed by atoms with Gasteiger partial charge >= 0.3 is 0 Å². The van der Waals surface area contributed by atoms with Crippen molar-refractivity contribution in [3.63, 3.8) is 0 Å². The minimum atomic E-state index is -3.12. The van der Waals surface area contributed by atoms with Gasteiger partial charge in [-0.05, 0) is 32.6 Å². The molecule has 0 unspecified atom stereocenters. The van der Waals surface area contributed by atoms with Crippen LogP contribution in [0.2, 0.25) is 0 Å². The number of sulfonamides is 1. The predicted molar refractivity (Wildman–Crippen MR) is 57.4 cm³/mol. The van der Waals surface area contributed by atoms with Gasteiger partial charge in [-0.1, -0.05) is 0 Å². The maximum absolute atomic E-state index is 11.8. The van der Waals surface area contributed by atoms with Crippen molar-refractivity contribution in [3.8, 4) is 0 Å². The van der Waals surface area contributed by atoms with Crippen LogP contribution in [0.1, 0.15) is 26.7 Å². The Bertz CT molecular complexity index is 271. The summed E-state index contributed by atoms with van der Waals surface area (Å²) in [4.78, 5) is 0. The molecule has 0 aromatic carbocycles. The van der Waals surface area contributed by atoms with Crippen LogP contribution in [0.4, 0.5) is 0 Å². The highest BCUT2D eigenvalue weighted by Crippen LogP contribution is 2.31. The second-order valence-corrected chi connectivity index (χ2v) is 6.25. The third-order valence-corrected chi connectivity index (χ3v) is 4.48. The van der Waals surface area contributed by atoms with Crippen molar-refractivity contribution in [3.05, 3.63) is 0 Å². The van der Waals surface area contributed by atoms with Crippen LogP contribution in [0, 0.1) is 5.92 Å². The van der Waals surface area contributed by atoms with E-state index in [1.165, 1.54) is 12.8 Å². The summed E-state index contributed by atoms with van der Waals surface area (Å²) in [5, 5.41) is 0. The van der Waals surface area contributed by atoms with Gasteiger partial charge in [0.15, 0.2) is 0 Å². The summed E-state index contributed by atoms with van der Waals surface area (Å²) in [6, 6.07) is 0.0483. The second-order valence-electron chi connectivity index (χ2n) is 4.21. The molecular weight excluding hydrogens is 200 g/mol. The van der Waals surface area contributed by atoms with Crippen molar-refractivity contribution in [2.24, 2.45) is 11.7 Å². The minimum Gasteiger partial charge on any atom is -0.329 e. The molecule has 5 heteroatoms. The molecular formula is C9H20N2O2S. The van der Waals surface area contributed by atoms with Crippen LogP contribution in [0.3, 0.4) is 0 Å². The average Bonchev–Trinajstić information content (AvgIpc) is 2.81. The van der Waals surface area contributed by atoms with E-state index in [1.54, 1.807) is 4.31 Å². The van der Waals surface area contributed by atoms with E-state index >= 15 is 0 Å². The maximum atomic E-state index is 11.8. The van der Waals surface area contributed by atoms with E-state index in [0.717, 1.165) is 0 Å². The highest BCUT2D eigenvalue weighted by atomic mass is 32.2. The zero-order valence-corrected chi connectivity index (χ0v) is 9.76. The van der Waals surface area contributed by atoms with Gasteiger partial charge in [0.2, 0.25) is 10.0 Å². The van der Waals surface area contributed by atoms with Gasteiger partial charge in [0.05, 0.1) is 5.75 Å². The third-order valence-electron chi connectivity index (χ3n) is 2.44. The van der Waals surface area contributed by atoms with E-state index in [0.29, 0.717) is 12.5 Å². The first kappa shape index (κ1) is 11.9. The van der Waals surface area contributed by atoms with Gasteiger partial charge < -0.3 is 5.73 Å². The van der Waals surface area contributed by atoms with Crippen LogP contribution in [0.5, 0.6) is 0 Å². The number of hydrogen-bond donors (Lipinski definition) is 1. The molecule has 1 aliphatic carbocycles. The smallest absolute Gasteiger partial charge is 0.215 e. The van der Waals surface area contributed by atoms with Gasteiger partial charge in [0, 0.05) is 19.1 Å². The van der Waals surface area contributed by atoms with Crippen LogP contribution in [0.15, 0.2) is 0 Å². The van der Waals surface area contributed by atoms with E-state index in [-0.39, 0.29) is 18.3 Å².